The Morgan fingerprint density at radius 2 is 1.80 bits per heavy atom. The number of amides is 1. The molecule has 5 rings (SSSR count). The van der Waals surface area contributed by atoms with Crippen LogP contribution in [0.3, 0.4) is 0 Å². The van der Waals surface area contributed by atoms with E-state index in [-0.39, 0.29) is 12.1 Å². The largest absolute Gasteiger partial charge is 0.480 e. The van der Waals surface area contributed by atoms with Crippen LogP contribution in [0.15, 0.2) is 60.8 Å². The Bertz CT molecular complexity index is 1680. The number of aliphatic carboxylic acids is 1. The summed E-state index contributed by atoms with van der Waals surface area (Å²) in [6.45, 7) is 1.73. The van der Waals surface area contributed by atoms with E-state index in [4.69, 9.17) is 21.6 Å². The molecule has 8 nitrogen and oxygen atoms in total. The Morgan fingerprint density at radius 3 is 2.46 bits per heavy atom. The standard InChI is InChI=1S/C30H23ClF2N4O4/c31-23-12-17(16-34)3-5-21(23)22-6-4-18(20-2-1-7-35-28(20)22)13-26(30(39)40)36-29(38)27-24(32)14-19(15-25(27)33)37-8-10-41-11-9-37/h1-7,12,14-15,26H,8-11,13H2,(H,36,38)(H,39,40). The molecule has 1 fully saturated rings. The number of halogens is 3. The molecule has 0 aliphatic carbocycles. The molecule has 2 N–H and O–H groups in total. The quantitative estimate of drug-likeness (QED) is 0.319. The van der Waals surface area contributed by atoms with Crippen molar-refractivity contribution >= 4 is 40.1 Å². The van der Waals surface area contributed by atoms with Crippen LogP contribution in [-0.4, -0.2) is 54.3 Å². The first-order chi connectivity index (χ1) is 19.8. The first kappa shape index (κ1) is 28.0. The van der Waals surface area contributed by atoms with Gasteiger partial charge >= 0.3 is 5.97 Å². The number of hydrogen-bond acceptors (Lipinski definition) is 6. The molecule has 3 aromatic carbocycles. The summed E-state index contributed by atoms with van der Waals surface area (Å²) in [5.74, 6) is -4.73. The third-order valence-electron chi connectivity index (χ3n) is 6.91. The van der Waals surface area contributed by atoms with Crippen LogP contribution in [0.4, 0.5) is 14.5 Å². The van der Waals surface area contributed by atoms with E-state index in [1.807, 2.05) is 6.07 Å². The number of carbonyl (C=O) groups excluding carboxylic acids is 1. The van der Waals surface area contributed by atoms with E-state index in [2.05, 4.69) is 10.3 Å². The first-order valence-corrected chi connectivity index (χ1v) is 13.1. The lowest BCUT2D eigenvalue weighted by atomic mass is 9.94. The zero-order chi connectivity index (χ0) is 29.1. The summed E-state index contributed by atoms with van der Waals surface area (Å²) in [4.78, 5) is 31.3. The van der Waals surface area contributed by atoms with Gasteiger partial charge in [0.2, 0.25) is 0 Å². The monoisotopic (exact) mass is 576 g/mol. The smallest absolute Gasteiger partial charge is 0.326 e. The van der Waals surface area contributed by atoms with Crippen LogP contribution in [0.5, 0.6) is 0 Å². The van der Waals surface area contributed by atoms with E-state index in [0.717, 1.165) is 12.1 Å². The van der Waals surface area contributed by atoms with Gasteiger partial charge in [0.25, 0.3) is 5.91 Å². The van der Waals surface area contributed by atoms with Crippen molar-refractivity contribution < 1.29 is 28.2 Å². The first-order valence-electron chi connectivity index (χ1n) is 12.7. The SMILES string of the molecule is N#Cc1ccc(-c2ccc(CC(NC(=O)c3c(F)cc(N4CCOCC4)cc3F)C(=O)O)c3cccnc23)c(Cl)c1. The fourth-order valence-corrected chi connectivity index (χ4v) is 5.14. The van der Waals surface area contributed by atoms with Crippen LogP contribution in [0.2, 0.25) is 5.02 Å². The number of morpholine rings is 1. The molecule has 1 unspecified atom stereocenters. The number of hydrogen-bond donors (Lipinski definition) is 2. The lowest BCUT2D eigenvalue weighted by Crippen LogP contribution is -2.43. The summed E-state index contributed by atoms with van der Waals surface area (Å²) in [5, 5.41) is 22.3. The van der Waals surface area contributed by atoms with Gasteiger partial charge in [0.15, 0.2) is 0 Å². The third-order valence-corrected chi connectivity index (χ3v) is 7.22. The molecular formula is C30H23ClF2N4O4. The van der Waals surface area contributed by atoms with Gasteiger partial charge in [0.05, 0.1) is 30.4 Å². The van der Waals surface area contributed by atoms with Gasteiger partial charge in [-0.25, -0.2) is 13.6 Å². The van der Waals surface area contributed by atoms with Gasteiger partial charge < -0.3 is 20.1 Å². The molecule has 1 aliphatic rings. The lowest BCUT2D eigenvalue weighted by molar-refractivity contribution is -0.139. The van der Waals surface area contributed by atoms with Crippen molar-refractivity contribution in [2.75, 3.05) is 31.2 Å². The fourth-order valence-electron chi connectivity index (χ4n) is 4.86. The summed E-state index contributed by atoms with van der Waals surface area (Å²) < 4.78 is 35.2. The summed E-state index contributed by atoms with van der Waals surface area (Å²) in [7, 11) is 0. The van der Waals surface area contributed by atoms with Crippen molar-refractivity contribution in [3.8, 4) is 17.2 Å². The number of nitrogens with zero attached hydrogens (tertiary/aromatic N) is 3. The number of nitrogens with one attached hydrogen (secondary N) is 1. The molecule has 11 heteroatoms. The van der Waals surface area contributed by atoms with E-state index in [0.29, 0.717) is 64.5 Å². The fraction of sp³-hybridized carbons (Fsp3) is 0.200. The van der Waals surface area contributed by atoms with E-state index >= 15 is 0 Å². The lowest BCUT2D eigenvalue weighted by Gasteiger charge is -2.29. The van der Waals surface area contributed by atoms with Crippen LogP contribution >= 0.6 is 11.6 Å². The van der Waals surface area contributed by atoms with Crippen molar-refractivity contribution in [1.82, 2.24) is 10.3 Å². The van der Waals surface area contributed by atoms with E-state index in [9.17, 15) is 23.5 Å². The number of benzene rings is 3. The highest BCUT2D eigenvalue weighted by Crippen LogP contribution is 2.35. The molecule has 0 bridgehead atoms. The molecule has 2 heterocycles. The number of aromatic nitrogens is 1. The van der Waals surface area contributed by atoms with E-state index < -0.39 is 35.1 Å². The second-order valence-electron chi connectivity index (χ2n) is 9.43. The zero-order valence-corrected chi connectivity index (χ0v) is 22.3. The van der Waals surface area contributed by atoms with Gasteiger partial charge in [-0.3, -0.25) is 9.78 Å². The van der Waals surface area contributed by atoms with Crippen LogP contribution in [0.25, 0.3) is 22.0 Å². The summed E-state index contributed by atoms with van der Waals surface area (Å²) in [5.41, 5.74) is 2.19. The number of rotatable bonds is 7. The maximum atomic E-state index is 14.9. The third kappa shape index (κ3) is 5.82. The molecule has 208 valence electrons. The van der Waals surface area contributed by atoms with Gasteiger partial charge in [-0.05, 0) is 35.9 Å². The molecule has 4 aromatic rings. The minimum atomic E-state index is -1.49. The van der Waals surface area contributed by atoms with Gasteiger partial charge in [0.1, 0.15) is 23.2 Å². The average Bonchev–Trinajstić information content (AvgIpc) is 2.97. The molecule has 0 saturated carbocycles. The summed E-state index contributed by atoms with van der Waals surface area (Å²) in [6.07, 6.45) is 1.40. The normalized spacial score (nSPS) is 14.0. The van der Waals surface area contributed by atoms with Crippen LogP contribution in [0.1, 0.15) is 21.5 Å². The Morgan fingerprint density at radius 1 is 1.10 bits per heavy atom. The molecule has 1 aromatic heterocycles. The number of carbonyl (C=O) groups is 2. The number of anilines is 1. The summed E-state index contributed by atoms with van der Waals surface area (Å²) >= 11 is 6.43. The molecule has 0 radical (unpaired) electrons. The second-order valence-corrected chi connectivity index (χ2v) is 9.84. The van der Waals surface area contributed by atoms with Crippen molar-refractivity contribution in [2.45, 2.75) is 12.5 Å². The molecule has 41 heavy (non-hydrogen) atoms. The zero-order valence-electron chi connectivity index (χ0n) is 21.5. The minimum Gasteiger partial charge on any atom is -0.480 e. The van der Waals surface area contributed by atoms with Crippen molar-refractivity contribution in [2.24, 2.45) is 0 Å². The molecule has 1 aliphatic heterocycles. The van der Waals surface area contributed by atoms with Gasteiger partial charge in [0, 0.05) is 52.9 Å². The average molecular weight is 577 g/mol. The number of carboxylic acid groups (broad SMARTS) is 1. The van der Waals surface area contributed by atoms with Crippen LogP contribution in [-0.2, 0) is 16.0 Å². The predicted octanol–water partition coefficient (Wildman–Crippen LogP) is 4.97. The number of carboxylic acids is 1. The highest BCUT2D eigenvalue weighted by atomic mass is 35.5. The van der Waals surface area contributed by atoms with Gasteiger partial charge in [-0.15, -0.1) is 0 Å². The Kier molecular flexibility index (Phi) is 8.10. The van der Waals surface area contributed by atoms with E-state index in [1.54, 1.807) is 53.6 Å². The predicted molar refractivity (Wildman–Crippen MR) is 149 cm³/mol. The Labute approximate surface area is 238 Å². The van der Waals surface area contributed by atoms with Crippen molar-refractivity contribution in [3.05, 3.63) is 94.1 Å². The second kappa shape index (κ2) is 11.9. The van der Waals surface area contributed by atoms with Crippen molar-refractivity contribution in [3.63, 3.8) is 0 Å². The van der Waals surface area contributed by atoms with Gasteiger partial charge in [-0.1, -0.05) is 35.9 Å². The number of pyridine rings is 1. The van der Waals surface area contributed by atoms with Gasteiger partial charge in [-0.2, -0.15) is 5.26 Å². The number of nitriles is 1. The Balaban J connectivity index is 1.43. The van der Waals surface area contributed by atoms with Crippen molar-refractivity contribution in [1.29, 1.82) is 5.26 Å². The number of fused-ring (bicyclic) bond motifs is 1. The molecule has 0 spiro atoms. The molecular weight excluding hydrogens is 554 g/mol. The minimum absolute atomic E-state index is 0.181. The van der Waals surface area contributed by atoms with E-state index in [1.165, 1.54) is 0 Å². The molecule has 1 atom stereocenters. The van der Waals surface area contributed by atoms with Crippen LogP contribution < -0.4 is 10.2 Å². The number of ether oxygens (including phenoxy) is 1. The maximum absolute atomic E-state index is 14.9. The highest BCUT2D eigenvalue weighted by molar-refractivity contribution is 6.33. The summed E-state index contributed by atoms with van der Waals surface area (Å²) in [6, 6.07) is 14.4. The molecule has 1 saturated heterocycles. The Hall–Kier alpha value is -4.59. The highest BCUT2D eigenvalue weighted by Gasteiger charge is 2.27. The molecule has 1 amide bonds. The van der Waals surface area contributed by atoms with Crippen LogP contribution in [0, 0.1) is 23.0 Å². The maximum Gasteiger partial charge on any atom is 0.326 e. The topological polar surface area (TPSA) is 116 Å².